The molecule has 8 heteroatoms. The summed E-state index contributed by atoms with van der Waals surface area (Å²) in [6, 6.07) is 3.99. The number of likely N-dealkylation sites (N-methyl/N-ethyl adjacent to an activating group) is 1. The summed E-state index contributed by atoms with van der Waals surface area (Å²) in [5.41, 5.74) is 0.495. The van der Waals surface area contributed by atoms with E-state index in [0.29, 0.717) is 12.2 Å². The van der Waals surface area contributed by atoms with Crippen molar-refractivity contribution in [2.75, 3.05) is 20.1 Å². The first-order valence-electron chi connectivity index (χ1n) is 5.23. The van der Waals surface area contributed by atoms with Crippen molar-refractivity contribution in [3.05, 3.63) is 28.6 Å². The maximum Gasteiger partial charge on any atom is 0.270 e. The largest absolute Gasteiger partial charge is 0.349 e. The molecule has 0 aliphatic rings. The van der Waals surface area contributed by atoms with Gasteiger partial charge in [0.1, 0.15) is 10.7 Å². The highest BCUT2D eigenvalue weighted by Gasteiger charge is 2.11. The highest BCUT2D eigenvalue weighted by atomic mass is 35.5. The Morgan fingerprint density at radius 1 is 1.32 bits per heavy atom. The number of thiazole rings is 1. The van der Waals surface area contributed by atoms with E-state index in [0.717, 1.165) is 16.4 Å². The molecule has 0 radical (unpaired) electrons. The van der Waals surface area contributed by atoms with E-state index >= 15 is 0 Å². The number of carbonyl (C=O) groups is 1. The lowest BCUT2D eigenvalue weighted by Crippen LogP contribution is -2.30. The maximum atomic E-state index is 11.7. The van der Waals surface area contributed by atoms with Gasteiger partial charge in [0, 0.05) is 18.5 Å². The van der Waals surface area contributed by atoms with E-state index in [9.17, 15) is 4.79 Å². The Morgan fingerprint density at radius 2 is 2.11 bits per heavy atom. The fourth-order valence-corrected chi connectivity index (χ4v) is 2.90. The minimum Gasteiger partial charge on any atom is -0.349 e. The summed E-state index contributed by atoms with van der Waals surface area (Å²) < 4.78 is 0. The number of hydrogen-bond donors (Lipinski definition) is 2. The van der Waals surface area contributed by atoms with Crippen LogP contribution in [0.15, 0.2) is 22.9 Å². The molecule has 19 heavy (non-hydrogen) atoms. The van der Waals surface area contributed by atoms with E-state index in [1.807, 2.05) is 24.6 Å². The average molecular weight is 340 g/mol. The molecule has 0 aliphatic carbocycles. The number of aromatic nitrogens is 1. The number of thiophene rings is 1. The van der Waals surface area contributed by atoms with Crippen LogP contribution >= 0.6 is 47.5 Å². The number of hydrogen-bond acceptors (Lipinski definition) is 5. The molecule has 106 valence electrons. The molecule has 4 nitrogen and oxygen atoms in total. The number of rotatable bonds is 5. The van der Waals surface area contributed by atoms with Gasteiger partial charge in [-0.1, -0.05) is 6.07 Å². The van der Waals surface area contributed by atoms with Crippen LogP contribution in [0.25, 0.3) is 9.88 Å². The van der Waals surface area contributed by atoms with Gasteiger partial charge in [0.2, 0.25) is 0 Å². The van der Waals surface area contributed by atoms with Gasteiger partial charge >= 0.3 is 0 Å². The third kappa shape index (κ3) is 5.08. The Balaban J connectivity index is 0.00000162. The van der Waals surface area contributed by atoms with Gasteiger partial charge < -0.3 is 10.6 Å². The Morgan fingerprint density at radius 3 is 2.74 bits per heavy atom. The zero-order chi connectivity index (χ0) is 12.1. The molecular formula is C11H15Cl2N3OS2. The predicted molar refractivity (Wildman–Crippen MR) is 86.2 cm³/mol. The van der Waals surface area contributed by atoms with Gasteiger partial charge in [-0.3, -0.25) is 4.79 Å². The van der Waals surface area contributed by atoms with Crippen molar-refractivity contribution in [1.29, 1.82) is 0 Å². The molecule has 0 saturated carbocycles. The van der Waals surface area contributed by atoms with Gasteiger partial charge in [0.15, 0.2) is 0 Å². The molecule has 2 aromatic rings. The summed E-state index contributed by atoms with van der Waals surface area (Å²) in [5, 5.41) is 10.5. The lowest BCUT2D eigenvalue weighted by atomic mass is 10.4. The van der Waals surface area contributed by atoms with Crippen LogP contribution in [0.4, 0.5) is 0 Å². The van der Waals surface area contributed by atoms with Gasteiger partial charge in [0.25, 0.3) is 5.91 Å². The van der Waals surface area contributed by atoms with Crippen LogP contribution in [0, 0.1) is 0 Å². The van der Waals surface area contributed by atoms with Gasteiger partial charge in [-0.15, -0.1) is 47.5 Å². The van der Waals surface area contributed by atoms with E-state index in [2.05, 4.69) is 15.6 Å². The molecule has 2 rings (SSSR count). The molecule has 0 spiro atoms. The molecule has 2 heterocycles. The van der Waals surface area contributed by atoms with Gasteiger partial charge in [-0.2, -0.15) is 0 Å². The van der Waals surface area contributed by atoms with Gasteiger partial charge in [0.05, 0.1) is 4.88 Å². The van der Waals surface area contributed by atoms with Crippen LogP contribution in [0.3, 0.4) is 0 Å². The first kappa shape index (κ1) is 18.3. The molecular weight excluding hydrogens is 325 g/mol. The van der Waals surface area contributed by atoms with Gasteiger partial charge in [-0.25, -0.2) is 4.98 Å². The maximum absolute atomic E-state index is 11.7. The molecule has 2 aromatic heterocycles. The molecule has 1 amide bonds. The first-order valence-corrected chi connectivity index (χ1v) is 6.99. The summed E-state index contributed by atoms with van der Waals surface area (Å²) >= 11 is 3.13. The Bertz CT molecular complexity index is 488. The minimum absolute atomic E-state index is 0. The second-order valence-corrected chi connectivity index (χ2v) is 5.18. The molecule has 0 unspecified atom stereocenters. The highest BCUT2D eigenvalue weighted by molar-refractivity contribution is 7.20. The molecule has 0 atom stereocenters. The number of halogens is 2. The number of nitrogens with zero attached hydrogens (tertiary/aromatic N) is 1. The second kappa shape index (κ2) is 9.28. The summed E-state index contributed by atoms with van der Waals surface area (Å²) in [6.45, 7) is 1.37. The normalized spacial score (nSPS) is 9.32. The van der Waals surface area contributed by atoms with E-state index in [1.54, 1.807) is 16.7 Å². The zero-order valence-corrected chi connectivity index (χ0v) is 13.5. The number of carbonyl (C=O) groups excluding carboxylic acids is 1. The van der Waals surface area contributed by atoms with Crippen molar-refractivity contribution in [1.82, 2.24) is 15.6 Å². The van der Waals surface area contributed by atoms with Crippen LogP contribution in [-0.2, 0) is 0 Å². The Kier molecular flexibility index (Phi) is 8.95. The number of nitrogens with one attached hydrogen (secondary N) is 2. The minimum atomic E-state index is -0.112. The lowest BCUT2D eigenvalue weighted by Gasteiger charge is -2.01. The second-order valence-electron chi connectivity index (χ2n) is 3.37. The third-order valence-electron chi connectivity index (χ3n) is 2.13. The fraction of sp³-hybridized carbons (Fsp3) is 0.273. The van der Waals surface area contributed by atoms with Crippen LogP contribution in [0.5, 0.6) is 0 Å². The zero-order valence-electron chi connectivity index (χ0n) is 10.2. The molecule has 0 aromatic carbocycles. The predicted octanol–water partition coefficient (Wildman–Crippen LogP) is 2.66. The van der Waals surface area contributed by atoms with Crippen LogP contribution in [0.2, 0.25) is 0 Å². The summed E-state index contributed by atoms with van der Waals surface area (Å²) in [7, 11) is 1.85. The van der Waals surface area contributed by atoms with Crippen molar-refractivity contribution in [2.45, 2.75) is 0 Å². The monoisotopic (exact) mass is 339 g/mol. The summed E-state index contributed by atoms with van der Waals surface area (Å²) in [6.07, 6.45) is 0. The van der Waals surface area contributed by atoms with E-state index in [1.165, 1.54) is 11.3 Å². The van der Waals surface area contributed by atoms with Crippen molar-refractivity contribution < 1.29 is 4.79 Å². The third-order valence-corrected chi connectivity index (χ3v) is 4.01. The average Bonchev–Trinajstić information content (AvgIpc) is 3.00. The van der Waals surface area contributed by atoms with E-state index in [-0.39, 0.29) is 30.7 Å². The SMILES string of the molecule is CNCCNC(=O)c1csc(-c2cccs2)n1.Cl.Cl. The van der Waals surface area contributed by atoms with Crippen LogP contribution in [0.1, 0.15) is 10.5 Å². The molecule has 2 N–H and O–H groups in total. The van der Waals surface area contributed by atoms with E-state index < -0.39 is 0 Å². The molecule has 0 bridgehead atoms. The molecule has 0 aliphatic heterocycles. The molecule has 0 saturated heterocycles. The van der Waals surface area contributed by atoms with Crippen LogP contribution < -0.4 is 10.6 Å². The van der Waals surface area contributed by atoms with Crippen molar-refractivity contribution in [3.8, 4) is 9.88 Å². The van der Waals surface area contributed by atoms with Crippen molar-refractivity contribution in [2.24, 2.45) is 0 Å². The summed E-state index contributed by atoms with van der Waals surface area (Å²) in [5.74, 6) is -0.112. The van der Waals surface area contributed by atoms with Crippen molar-refractivity contribution >= 4 is 53.4 Å². The quantitative estimate of drug-likeness (QED) is 0.823. The van der Waals surface area contributed by atoms with Crippen molar-refractivity contribution in [3.63, 3.8) is 0 Å². The molecule has 0 fully saturated rings. The Hall–Kier alpha value is -0.660. The number of amides is 1. The smallest absolute Gasteiger partial charge is 0.270 e. The fourth-order valence-electron chi connectivity index (χ4n) is 1.28. The first-order chi connectivity index (χ1) is 8.31. The highest BCUT2D eigenvalue weighted by Crippen LogP contribution is 2.27. The topological polar surface area (TPSA) is 54.0 Å². The van der Waals surface area contributed by atoms with Gasteiger partial charge in [-0.05, 0) is 18.5 Å². The van der Waals surface area contributed by atoms with Crippen LogP contribution in [-0.4, -0.2) is 31.0 Å². The van der Waals surface area contributed by atoms with E-state index in [4.69, 9.17) is 0 Å². The Labute approximate surface area is 132 Å². The lowest BCUT2D eigenvalue weighted by molar-refractivity contribution is 0.0950. The summed E-state index contributed by atoms with van der Waals surface area (Å²) in [4.78, 5) is 17.1. The standard InChI is InChI=1S/C11H13N3OS2.2ClH/c1-12-4-5-13-10(15)8-7-17-11(14-8)9-3-2-6-16-9;;/h2-3,6-7,12H,4-5H2,1H3,(H,13,15);2*1H.